The Morgan fingerprint density at radius 1 is 1.18 bits per heavy atom. The van der Waals surface area contributed by atoms with Gasteiger partial charge >= 0.3 is 11.9 Å². The first-order valence-corrected chi connectivity index (χ1v) is 5.30. The third-order valence-corrected chi connectivity index (χ3v) is 3.24. The molecule has 90 valence electrons. The maximum absolute atomic E-state index is 11.0. The van der Waals surface area contributed by atoms with Crippen molar-refractivity contribution in [1.82, 2.24) is 0 Å². The highest BCUT2D eigenvalue weighted by molar-refractivity contribution is 5.81. The molecular formula is C12H13NO4. The summed E-state index contributed by atoms with van der Waals surface area (Å²) in [7, 11) is 0. The molecule has 1 aromatic carbocycles. The maximum atomic E-state index is 11.0. The van der Waals surface area contributed by atoms with E-state index in [-0.39, 0.29) is 5.92 Å². The molecule has 17 heavy (non-hydrogen) atoms. The van der Waals surface area contributed by atoms with E-state index in [2.05, 4.69) is 0 Å². The third-order valence-electron chi connectivity index (χ3n) is 3.24. The lowest BCUT2D eigenvalue weighted by Crippen LogP contribution is -2.33. The van der Waals surface area contributed by atoms with Crippen LogP contribution in [0.2, 0.25) is 0 Å². The minimum absolute atomic E-state index is 0.292. The van der Waals surface area contributed by atoms with Gasteiger partial charge in [0.1, 0.15) is 6.04 Å². The van der Waals surface area contributed by atoms with Gasteiger partial charge in [-0.25, -0.2) is 0 Å². The molecule has 0 aromatic heterocycles. The van der Waals surface area contributed by atoms with Crippen LogP contribution in [0, 0.1) is 11.8 Å². The summed E-state index contributed by atoms with van der Waals surface area (Å²) in [6.07, 6.45) is 0. The highest BCUT2D eigenvalue weighted by Crippen LogP contribution is 2.55. The van der Waals surface area contributed by atoms with E-state index in [1.54, 1.807) is 24.3 Å². The van der Waals surface area contributed by atoms with Crippen molar-refractivity contribution in [3.05, 3.63) is 35.9 Å². The van der Waals surface area contributed by atoms with Gasteiger partial charge in [-0.05, 0) is 5.56 Å². The van der Waals surface area contributed by atoms with E-state index < -0.39 is 29.8 Å². The topological polar surface area (TPSA) is 101 Å². The average molecular weight is 235 g/mol. The molecule has 0 spiro atoms. The predicted octanol–water partition coefficient (Wildman–Crippen LogP) is 0.513. The molecule has 0 saturated heterocycles. The summed E-state index contributed by atoms with van der Waals surface area (Å²) >= 11 is 0. The van der Waals surface area contributed by atoms with Gasteiger partial charge in [0, 0.05) is 11.8 Å². The number of carbonyl (C=O) groups is 2. The Hall–Kier alpha value is -1.88. The molecule has 0 radical (unpaired) electrons. The quantitative estimate of drug-likeness (QED) is 0.706. The Bertz CT molecular complexity index is 445. The van der Waals surface area contributed by atoms with E-state index in [9.17, 15) is 9.59 Å². The molecule has 5 heteroatoms. The summed E-state index contributed by atoms with van der Waals surface area (Å²) in [6.45, 7) is 0. The molecule has 0 aliphatic heterocycles. The highest BCUT2D eigenvalue weighted by Gasteiger charge is 2.59. The molecule has 1 aromatic rings. The van der Waals surface area contributed by atoms with Crippen LogP contribution in [-0.2, 0) is 9.59 Å². The molecule has 1 aliphatic carbocycles. The van der Waals surface area contributed by atoms with Crippen molar-refractivity contribution in [3.63, 3.8) is 0 Å². The van der Waals surface area contributed by atoms with Gasteiger partial charge in [-0.1, -0.05) is 30.3 Å². The first-order chi connectivity index (χ1) is 8.04. The van der Waals surface area contributed by atoms with Gasteiger partial charge in [0.2, 0.25) is 0 Å². The van der Waals surface area contributed by atoms with Crippen molar-refractivity contribution in [2.75, 3.05) is 0 Å². The molecule has 1 unspecified atom stereocenters. The number of aliphatic carboxylic acids is 2. The van der Waals surface area contributed by atoms with Gasteiger partial charge in [0.25, 0.3) is 0 Å². The van der Waals surface area contributed by atoms with Crippen LogP contribution in [0.3, 0.4) is 0 Å². The lowest BCUT2D eigenvalue weighted by atomic mass is 10.1. The van der Waals surface area contributed by atoms with Crippen LogP contribution in [0.15, 0.2) is 30.3 Å². The number of carboxylic acid groups (broad SMARTS) is 2. The van der Waals surface area contributed by atoms with E-state index in [0.717, 1.165) is 5.56 Å². The molecule has 5 nitrogen and oxygen atoms in total. The maximum Gasteiger partial charge on any atom is 0.320 e. The van der Waals surface area contributed by atoms with Crippen molar-refractivity contribution in [3.8, 4) is 0 Å². The summed E-state index contributed by atoms with van der Waals surface area (Å²) in [5.41, 5.74) is 6.35. The normalized spacial score (nSPS) is 28.4. The minimum Gasteiger partial charge on any atom is -0.481 e. The number of rotatable bonds is 4. The fourth-order valence-corrected chi connectivity index (χ4v) is 2.37. The van der Waals surface area contributed by atoms with Crippen LogP contribution in [-0.4, -0.2) is 28.2 Å². The SMILES string of the molecule is N[C@H](C(=O)O)[C@@H]1C(C(=O)O)[C@@H]1c1ccccc1. The van der Waals surface area contributed by atoms with E-state index in [1.165, 1.54) is 0 Å². The van der Waals surface area contributed by atoms with Gasteiger partial charge < -0.3 is 15.9 Å². The number of nitrogens with two attached hydrogens (primary N) is 1. The van der Waals surface area contributed by atoms with E-state index in [4.69, 9.17) is 15.9 Å². The molecular weight excluding hydrogens is 222 g/mol. The van der Waals surface area contributed by atoms with E-state index in [0.29, 0.717) is 0 Å². The minimum atomic E-state index is -1.15. The van der Waals surface area contributed by atoms with Crippen molar-refractivity contribution < 1.29 is 19.8 Å². The Morgan fingerprint density at radius 2 is 1.76 bits per heavy atom. The largest absolute Gasteiger partial charge is 0.481 e. The van der Waals surface area contributed by atoms with Crippen LogP contribution < -0.4 is 5.73 Å². The first-order valence-electron chi connectivity index (χ1n) is 5.30. The van der Waals surface area contributed by atoms with E-state index >= 15 is 0 Å². The standard InChI is InChI=1S/C12H13NO4/c13-10(12(16)17)8-7(9(8)11(14)15)6-4-2-1-3-5-6/h1-5,7-10H,13H2,(H,14,15)(H,16,17)/t7-,8+,9?,10+/m1/s1. The van der Waals surface area contributed by atoms with Gasteiger partial charge in [-0.2, -0.15) is 0 Å². The Kier molecular flexibility index (Phi) is 2.85. The number of benzene rings is 1. The second kappa shape index (κ2) is 4.18. The summed E-state index contributed by atoms with van der Waals surface area (Å²) < 4.78 is 0. The van der Waals surface area contributed by atoms with Crippen molar-refractivity contribution in [1.29, 1.82) is 0 Å². The molecule has 1 fully saturated rings. The monoisotopic (exact) mass is 235 g/mol. The fraction of sp³-hybridized carbons (Fsp3) is 0.333. The summed E-state index contributed by atoms with van der Waals surface area (Å²) in [4.78, 5) is 21.8. The Balaban J connectivity index is 2.23. The average Bonchev–Trinajstić information content (AvgIpc) is 3.04. The predicted molar refractivity (Wildman–Crippen MR) is 59.4 cm³/mol. The molecule has 0 heterocycles. The van der Waals surface area contributed by atoms with Crippen molar-refractivity contribution in [2.45, 2.75) is 12.0 Å². The van der Waals surface area contributed by atoms with Crippen molar-refractivity contribution in [2.24, 2.45) is 17.6 Å². The number of hydrogen-bond acceptors (Lipinski definition) is 3. The van der Waals surface area contributed by atoms with Gasteiger partial charge in [-0.3, -0.25) is 9.59 Å². The fourth-order valence-electron chi connectivity index (χ4n) is 2.37. The van der Waals surface area contributed by atoms with Crippen LogP contribution in [0.1, 0.15) is 11.5 Å². The van der Waals surface area contributed by atoms with Crippen LogP contribution >= 0.6 is 0 Å². The smallest absolute Gasteiger partial charge is 0.320 e. The lowest BCUT2D eigenvalue weighted by molar-refractivity contribution is -0.140. The Morgan fingerprint density at radius 3 is 2.24 bits per heavy atom. The molecule has 4 atom stereocenters. The van der Waals surface area contributed by atoms with Gasteiger partial charge in [-0.15, -0.1) is 0 Å². The molecule has 2 rings (SSSR count). The highest BCUT2D eigenvalue weighted by atomic mass is 16.4. The zero-order chi connectivity index (χ0) is 12.6. The molecule has 1 aliphatic rings. The molecule has 1 saturated carbocycles. The zero-order valence-electron chi connectivity index (χ0n) is 8.98. The first kappa shape index (κ1) is 11.6. The second-order valence-corrected chi connectivity index (χ2v) is 4.24. The molecule has 4 N–H and O–H groups in total. The van der Waals surface area contributed by atoms with Gasteiger partial charge in [0.05, 0.1) is 5.92 Å². The molecule has 0 amide bonds. The summed E-state index contributed by atoms with van der Waals surface area (Å²) in [6, 6.07) is 7.91. The zero-order valence-corrected chi connectivity index (χ0v) is 8.98. The molecule has 0 bridgehead atoms. The van der Waals surface area contributed by atoms with Gasteiger partial charge in [0.15, 0.2) is 0 Å². The second-order valence-electron chi connectivity index (χ2n) is 4.24. The van der Waals surface area contributed by atoms with Crippen LogP contribution in [0.4, 0.5) is 0 Å². The van der Waals surface area contributed by atoms with Crippen molar-refractivity contribution >= 4 is 11.9 Å². The Labute approximate surface area is 97.9 Å². The number of carboxylic acids is 2. The summed E-state index contributed by atoms with van der Waals surface area (Å²) in [5, 5.41) is 17.9. The third kappa shape index (κ3) is 2.01. The van der Waals surface area contributed by atoms with Crippen LogP contribution in [0.5, 0.6) is 0 Å². The summed E-state index contributed by atoms with van der Waals surface area (Å²) in [5.74, 6) is -3.64. The van der Waals surface area contributed by atoms with E-state index in [1.807, 2.05) is 6.07 Å². The number of hydrogen-bond donors (Lipinski definition) is 3. The van der Waals surface area contributed by atoms with Crippen LogP contribution in [0.25, 0.3) is 0 Å². The lowest BCUT2D eigenvalue weighted by Gasteiger charge is -2.04.